The van der Waals surface area contributed by atoms with Crippen molar-refractivity contribution in [3.05, 3.63) is 76.8 Å². The molecule has 2 aromatic heterocycles. The summed E-state index contributed by atoms with van der Waals surface area (Å²) in [4.78, 5) is 28.7. The van der Waals surface area contributed by atoms with Gasteiger partial charge in [-0.05, 0) is 61.2 Å². The van der Waals surface area contributed by atoms with Crippen molar-refractivity contribution in [1.82, 2.24) is 15.0 Å². The van der Waals surface area contributed by atoms with Crippen molar-refractivity contribution in [2.24, 2.45) is 0 Å². The Morgan fingerprint density at radius 3 is 2.42 bits per heavy atom. The van der Waals surface area contributed by atoms with Crippen LogP contribution in [0.1, 0.15) is 18.9 Å². The van der Waals surface area contributed by atoms with Crippen molar-refractivity contribution in [3.8, 4) is 22.8 Å². The number of hydrogen-bond acceptors (Lipinski definition) is 7. The lowest BCUT2D eigenvalue weighted by Crippen LogP contribution is -2.49. The summed E-state index contributed by atoms with van der Waals surface area (Å²) in [6, 6.07) is 14.0. The minimum absolute atomic E-state index is 0.0215. The molecule has 10 heteroatoms. The molecule has 0 saturated heterocycles. The largest absolute Gasteiger partial charge is 0.439 e. The van der Waals surface area contributed by atoms with E-state index in [2.05, 4.69) is 4.98 Å². The van der Waals surface area contributed by atoms with Crippen molar-refractivity contribution in [3.63, 3.8) is 0 Å². The number of aryl methyl sites for hydroxylation is 2. The Hall–Kier alpha value is -3.50. The van der Waals surface area contributed by atoms with Crippen LogP contribution in [0.5, 0.6) is 11.6 Å². The number of hydroxylamine groups is 1. The fraction of sp³-hybridized carbons (Fsp3) is 0.261. The molecule has 0 unspecified atom stereocenters. The van der Waals surface area contributed by atoms with Gasteiger partial charge in [0.15, 0.2) is 14.6 Å². The number of rotatable bonds is 8. The zero-order chi connectivity index (χ0) is 24.2. The molecule has 1 aromatic carbocycles. The highest BCUT2D eigenvalue weighted by atomic mass is 32.2. The standard InChI is InChI=1S/C23H25N3O6S/c1-16-8-11-24-20(14-16)32-19-6-4-17(5-7-19)18-9-12-26(21(27)15-18)13-10-23(2,22(28)25-29)33(3,30)31/h4-9,11-12,14-15,29H,10,13H2,1-3H3,(H,25,28)/t23-/m1/s1. The monoisotopic (exact) mass is 471 g/mol. The van der Waals surface area contributed by atoms with Crippen molar-refractivity contribution >= 4 is 15.7 Å². The summed E-state index contributed by atoms with van der Waals surface area (Å²) in [6.07, 6.45) is 3.94. The van der Waals surface area contributed by atoms with E-state index in [1.807, 2.05) is 31.2 Å². The molecular weight excluding hydrogens is 446 g/mol. The number of pyridine rings is 2. The number of ether oxygens (including phenoxy) is 1. The molecule has 0 aliphatic carbocycles. The first kappa shape index (κ1) is 24.1. The molecule has 2 heterocycles. The van der Waals surface area contributed by atoms with E-state index in [9.17, 15) is 18.0 Å². The predicted octanol–water partition coefficient (Wildman–Crippen LogP) is 2.71. The molecule has 174 valence electrons. The molecule has 0 spiro atoms. The highest BCUT2D eigenvalue weighted by Gasteiger charge is 2.43. The van der Waals surface area contributed by atoms with Crippen LogP contribution in [-0.2, 0) is 21.2 Å². The number of nitrogens with zero attached hydrogens (tertiary/aromatic N) is 2. The Labute approximate surface area is 191 Å². The van der Waals surface area contributed by atoms with Crippen molar-refractivity contribution in [1.29, 1.82) is 0 Å². The first-order chi connectivity index (χ1) is 15.5. The number of nitrogens with one attached hydrogen (secondary N) is 1. The van der Waals surface area contributed by atoms with Crippen LogP contribution >= 0.6 is 0 Å². The maximum absolute atomic E-state index is 12.6. The highest BCUT2D eigenvalue weighted by molar-refractivity contribution is 7.92. The lowest BCUT2D eigenvalue weighted by atomic mass is 10.1. The molecule has 0 saturated carbocycles. The van der Waals surface area contributed by atoms with Crippen LogP contribution in [0, 0.1) is 6.92 Å². The minimum atomic E-state index is -3.84. The van der Waals surface area contributed by atoms with E-state index in [0.29, 0.717) is 17.2 Å². The van der Waals surface area contributed by atoms with Crippen LogP contribution < -0.4 is 15.8 Å². The second-order valence-corrected chi connectivity index (χ2v) is 10.4. The molecule has 0 aliphatic rings. The van der Waals surface area contributed by atoms with Gasteiger partial charge < -0.3 is 9.30 Å². The van der Waals surface area contributed by atoms with E-state index in [4.69, 9.17) is 9.94 Å². The second-order valence-electron chi connectivity index (χ2n) is 7.94. The molecule has 33 heavy (non-hydrogen) atoms. The minimum Gasteiger partial charge on any atom is -0.439 e. The quantitative estimate of drug-likeness (QED) is 0.382. The van der Waals surface area contributed by atoms with Crippen molar-refractivity contribution in [2.45, 2.75) is 31.6 Å². The van der Waals surface area contributed by atoms with Crippen LogP contribution in [0.3, 0.4) is 0 Å². The van der Waals surface area contributed by atoms with Gasteiger partial charge in [0.2, 0.25) is 5.88 Å². The van der Waals surface area contributed by atoms with Gasteiger partial charge in [0.25, 0.3) is 11.5 Å². The number of carbonyl (C=O) groups excluding carboxylic acids is 1. The van der Waals surface area contributed by atoms with Gasteiger partial charge in [0, 0.05) is 37.3 Å². The van der Waals surface area contributed by atoms with Crippen LogP contribution in [-0.4, -0.2) is 40.1 Å². The van der Waals surface area contributed by atoms with Crippen molar-refractivity contribution < 1.29 is 23.2 Å². The second kappa shape index (κ2) is 9.55. The average Bonchev–Trinajstić information content (AvgIpc) is 2.77. The smallest absolute Gasteiger partial charge is 0.264 e. The maximum atomic E-state index is 12.6. The van der Waals surface area contributed by atoms with E-state index < -0.39 is 20.5 Å². The molecule has 1 amide bonds. The zero-order valence-electron chi connectivity index (χ0n) is 18.5. The SMILES string of the molecule is Cc1ccnc(Oc2ccc(-c3ccn(CC[C@](C)(C(=O)NO)S(C)(=O)=O)c(=O)c3)cc2)c1. The Balaban J connectivity index is 1.75. The van der Waals surface area contributed by atoms with Crippen LogP contribution in [0.4, 0.5) is 0 Å². The van der Waals surface area contributed by atoms with Crippen LogP contribution in [0.15, 0.2) is 65.7 Å². The van der Waals surface area contributed by atoms with Gasteiger partial charge in [-0.25, -0.2) is 18.9 Å². The van der Waals surface area contributed by atoms with Crippen LogP contribution in [0.25, 0.3) is 11.1 Å². The third-order valence-electron chi connectivity index (χ3n) is 5.53. The van der Waals surface area contributed by atoms with Gasteiger partial charge in [-0.3, -0.25) is 14.8 Å². The molecule has 0 bridgehead atoms. The Kier molecular flexibility index (Phi) is 6.99. The molecular formula is C23H25N3O6S. The number of amides is 1. The Bertz CT molecular complexity index is 1320. The third-order valence-corrected chi connectivity index (χ3v) is 7.55. The van der Waals surface area contributed by atoms with Gasteiger partial charge in [-0.15, -0.1) is 0 Å². The number of carbonyl (C=O) groups is 1. The Morgan fingerprint density at radius 1 is 1.15 bits per heavy atom. The van der Waals surface area contributed by atoms with E-state index in [1.165, 1.54) is 29.2 Å². The van der Waals surface area contributed by atoms with E-state index in [-0.39, 0.29) is 18.5 Å². The molecule has 0 aliphatic heterocycles. The summed E-state index contributed by atoms with van der Waals surface area (Å²) in [5, 5.41) is 8.92. The van der Waals surface area contributed by atoms with Gasteiger partial charge in [0.05, 0.1) is 0 Å². The van der Waals surface area contributed by atoms with Gasteiger partial charge in [-0.1, -0.05) is 12.1 Å². The summed E-state index contributed by atoms with van der Waals surface area (Å²) in [6.45, 7) is 3.14. The van der Waals surface area contributed by atoms with Crippen LogP contribution in [0.2, 0.25) is 0 Å². The summed E-state index contributed by atoms with van der Waals surface area (Å²) >= 11 is 0. The lowest BCUT2D eigenvalue weighted by Gasteiger charge is -2.25. The number of hydrogen-bond donors (Lipinski definition) is 2. The fourth-order valence-electron chi connectivity index (χ4n) is 3.19. The number of benzene rings is 1. The highest BCUT2D eigenvalue weighted by Crippen LogP contribution is 2.25. The van der Waals surface area contributed by atoms with E-state index in [0.717, 1.165) is 17.4 Å². The van der Waals surface area contributed by atoms with E-state index >= 15 is 0 Å². The fourth-order valence-corrected chi connectivity index (χ4v) is 4.04. The summed E-state index contributed by atoms with van der Waals surface area (Å²) in [5.74, 6) is 0.0478. The summed E-state index contributed by atoms with van der Waals surface area (Å²) in [7, 11) is -3.84. The van der Waals surface area contributed by atoms with Gasteiger partial charge >= 0.3 is 0 Å². The molecule has 1 atom stereocenters. The molecule has 0 fully saturated rings. The maximum Gasteiger partial charge on any atom is 0.264 e. The van der Waals surface area contributed by atoms with Gasteiger partial charge in [0.1, 0.15) is 5.75 Å². The van der Waals surface area contributed by atoms with Crippen molar-refractivity contribution in [2.75, 3.05) is 6.26 Å². The molecule has 9 nitrogen and oxygen atoms in total. The van der Waals surface area contributed by atoms with E-state index in [1.54, 1.807) is 24.4 Å². The number of sulfone groups is 1. The summed E-state index contributed by atoms with van der Waals surface area (Å²) in [5.41, 5.74) is 3.55. The Morgan fingerprint density at radius 2 is 1.85 bits per heavy atom. The first-order valence-corrected chi connectivity index (χ1v) is 12.0. The average molecular weight is 472 g/mol. The molecule has 2 N–H and O–H groups in total. The molecule has 0 radical (unpaired) electrons. The summed E-state index contributed by atoms with van der Waals surface area (Å²) < 4.78 is 29.4. The molecule has 3 rings (SSSR count). The van der Waals surface area contributed by atoms with Gasteiger partial charge in [-0.2, -0.15) is 0 Å². The zero-order valence-corrected chi connectivity index (χ0v) is 19.3. The third kappa shape index (κ3) is 5.47. The lowest BCUT2D eigenvalue weighted by molar-refractivity contribution is -0.131. The first-order valence-electron chi connectivity index (χ1n) is 10.1. The normalized spacial score (nSPS) is 13.2. The topological polar surface area (TPSA) is 128 Å². The molecule has 3 aromatic rings. The predicted molar refractivity (Wildman–Crippen MR) is 123 cm³/mol. The number of aromatic nitrogens is 2.